The monoisotopic (exact) mass is 615 g/mol. The molecular weight excluding hydrogens is 594 g/mol. The van der Waals surface area contributed by atoms with Crippen LogP contribution < -0.4 is 9.47 Å². The molecule has 0 saturated carbocycles. The molecule has 12 heteroatoms. The number of hydrogen-bond donors (Lipinski definition) is 0. The first-order valence-corrected chi connectivity index (χ1v) is 14.0. The first-order valence-electron chi connectivity index (χ1n) is 11.9. The number of methoxy groups -OCH3 is 1. The molecule has 1 fully saturated rings. The van der Waals surface area contributed by atoms with Crippen molar-refractivity contribution in [3.63, 3.8) is 0 Å². The second-order valence-electron chi connectivity index (χ2n) is 8.82. The summed E-state index contributed by atoms with van der Waals surface area (Å²) in [4.78, 5) is 29.2. The third-order valence-corrected chi connectivity index (χ3v) is 8.28. The number of oxime groups is 1. The van der Waals surface area contributed by atoms with Crippen LogP contribution in [0.3, 0.4) is 0 Å². The van der Waals surface area contributed by atoms with Gasteiger partial charge in [-0.05, 0) is 40.9 Å². The Hall–Kier alpha value is -3.20. The number of pyridine rings is 1. The van der Waals surface area contributed by atoms with Crippen molar-refractivity contribution >= 4 is 50.5 Å². The minimum absolute atomic E-state index is 0.0786. The Morgan fingerprint density at radius 2 is 2.18 bits per heavy atom. The number of benzene rings is 1. The second kappa shape index (κ2) is 11.7. The molecule has 0 spiro atoms. The lowest BCUT2D eigenvalue weighted by Gasteiger charge is -2.31. The smallest absolute Gasteiger partial charge is 0.260 e. The standard InChI is InChI=1S/C26H23BrClN5O4S/c1-35-25-22(9-17(27)12-30-25)36-13-23(34)33-7-5-15(6-8-33)26-31-20(14-38-26)19-10-21(37-32-19)24-16(11-29)3-2-4-18(24)28/h2-4,9,12,14-15,21H,5-8,10,13H2,1H3. The van der Waals surface area contributed by atoms with Crippen molar-refractivity contribution in [2.75, 3.05) is 26.8 Å². The normalized spacial score (nSPS) is 17.5. The van der Waals surface area contributed by atoms with Gasteiger partial charge < -0.3 is 19.2 Å². The molecule has 1 aromatic carbocycles. The SMILES string of the molecule is COc1ncc(Br)cc1OCC(=O)N1CCC(c2nc(C3=NOC(c4c(Cl)cccc4C#N)C3)cs2)CC1. The summed E-state index contributed by atoms with van der Waals surface area (Å²) in [6, 6.07) is 9.12. The van der Waals surface area contributed by atoms with E-state index < -0.39 is 6.10 Å². The zero-order valence-corrected chi connectivity index (χ0v) is 23.6. The predicted molar refractivity (Wildman–Crippen MR) is 146 cm³/mol. The summed E-state index contributed by atoms with van der Waals surface area (Å²) in [6.07, 6.45) is 3.32. The van der Waals surface area contributed by atoms with Crippen molar-refractivity contribution in [2.45, 2.75) is 31.3 Å². The number of hydrogen-bond acceptors (Lipinski definition) is 9. The molecule has 1 unspecified atom stereocenters. The van der Waals surface area contributed by atoms with E-state index in [4.69, 9.17) is 30.9 Å². The van der Waals surface area contributed by atoms with E-state index in [-0.39, 0.29) is 18.4 Å². The number of ether oxygens (including phenoxy) is 2. The maximum atomic E-state index is 12.8. The van der Waals surface area contributed by atoms with E-state index in [1.54, 1.807) is 41.8 Å². The number of carbonyl (C=O) groups is 1. The molecule has 2 aliphatic rings. The summed E-state index contributed by atoms with van der Waals surface area (Å²) < 4.78 is 11.6. The van der Waals surface area contributed by atoms with E-state index in [0.29, 0.717) is 47.3 Å². The number of carbonyl (C=O) groups excluding carboxylic acids is 1. The van der Waals surface area contributed by atoms with Gasteiger partial charge in [0.15, 0.2) is 18.5 Å². The molecule has 2 aliphatic heterocycles. The van der Waals surface area contributed by atoms with Crippen LogP contribution in [-0.4, -0.2) is 53.3 Å². The molecule has 1 saturated heterocycles. The van der Waals surface area contributed by atoms with Crippen LogP contribution in [0.1, 0.15) is 53.1 Å². The minimum atomic E-state index is -0.414. The molecule has 3 aromatic rings. The Balaban J connectivity index is 1.15. The van der Waals surface area contributed by atoms with Gasteiger partial charge in [0, 0.05) is 58.1 Å². The summed E-state index contributed by atoms with van der Waals surface area (Å²) in [6.45, 7) is 1.18. The van der Waals surface area contributed by atoms with Gasteiger partial charge in [0.05, 0.1) is 29.4 Å². The van der Waals surface area contributed by atoms with Crippen LogP contribution in [0.4, 0.5) is 0 Å². The van der Waals surface area contributed by atoms with Gasteiger partial charge in [-0.3, -0.25) is 4.79 Å². The molecule has 38 heavy (non-hydrogen) atoms. The van der Waals surface area contributed by atoms with Gasteiger partial charge in [-0.1, -0.05) is 22.8 Å². The highest BCUT2D eigenvalue weighted by Crippen LogP contribution is 2.37. The Morgan fingerprint density at radius 3 is 2.95 bits per heavy atom. The topological polar surface area (TPSA) is 110 Å². The maximum Gasteiger partial charge on any atom is 0.260 e. The molecule has 1 amide bonds. The number of amides is 1. The molecule has 0 aliphatic carbocycles. The van der Waals surface area contributed by atoms with E-state index in [1.165, 1.54) is 7.11 Å². The van der Waals surface area contributed by atoms with Crippen molar-refractivity contribution in [3.8, 4) is 17.7 Å². The zero-order chi connectivity index (χ0) is 26.6. The molecule has 5 rings (SSSR count). The van der Waals surface area contributed by atoms with Crippen molar-refractivity contribution in [1.29, 1.82) is 5.26 Å². The number of halogens is 2. The van der Waals surface area contributed by atoms with Crippen LogP contribution in [0.5, 0.6) is 11.6 Å². The van der Waals surface area contributed by atoms with E-state index in [1.807, 2.05) is 10.3 Å². The fourth-order valence-corrected chi connectivity index (χ4v) is 6.13. The number of thiazole rings is 1. The predicted octanol–water partition coefficient (Wildman–Crippen LogP) is 5.48. The molecule has 2 aromatic heterocycles. The molecule has 1 atom stereocenters. The summed E-state index contributed by atoms with van der Waals surface area (Å²) >= 11 is 11.3. The van der Waals surface area contributed by atoms with Crippen LogP contribution >= 0.6 is 38.9 Å². The van der Waals surface area contributed by atoms with E-state index in [9.17, 15) is 10.1 Å². The van der Waals surface area contributed by atoms with Gasteiger partial charge in [0.2, 0.25) is 0 Å². The van der Waals surface area contributed by atoms with Gasteiger partial charge in [-0.25, -0.2) is 9.97 Å². The summed E-state index contributed by atoms with van der Waals surface area (Å²) in [7, 11) is 1.51. The Labute approximate surface area is 237 Å². The minimum Gasteiger partial charge on any atom is -0.478 e. The van der Waals surface area contributed by atoms with Gasteiger partial charge in [-0.15, -0.1) is 11.3 Å². The lowest BCUT2D eigenvalue weighted by molar-refractivity contribution is -0.134. The number of aromatic nitrogens is 2. The summed E-state index contributed by atoms with van der Waals surface area (Å²) in [5, 5.41) is 17.2. The van der Waals surface area contributed by atoms with Gasteiger partial charge in [0.1, 0.15) is 5.71 Å². The van der Waals surface area contributed by atoms with E-state index in [0.717, 1.165) is 33.7 Å². The van der Waals surface area contributed by atoms with Crippen LogP contribution in [0.25, 0.3) is 0 Å². The summed E-state index contributed by atoms with van der Waals surface area (Å²) in [5.41, 5.74) is 2.66. The third-order valence-electron chi connectivity index (χ3n) is 6.51. The Bertz CT molecular complexity index is 1420. The second-order valence-corrected chi connectivity index (χ2v) is 11.0. The van der Waals surface area contributed by atoms with Gasteiger partial charge in [0.25, 0.3) is 11.8 Å². The van der Waals surface area contributed by atoms with Crippen molar-refractivity contribution in [2.24, 2.45) is 5.16 Å². The number of rotatable bonds is 7. The van der Waals surface area contributed by atoms with Crippen LogP contribution in [0.15, 0.2) is 45.5 Å². The first-order chi connectivity index (χ1) is 18.5. The van der Waals surface area contributed by atoms with Gasteiger partial charge >= 0.3 is 0 Å². The van der Waals surface area contributed by atoms with E-state index in [2.05, 4.69) is 32.1 Å². The molecular formula is C26H23BrClN5O4S. The largest absolute Gasteiger partial charge is 0.478 e. The maximum absolute atomic E-state index is 12.8. The van der Waals surface area contributed by atoms with Crippen LogP contribution in [0, 0.1) is 11.3 Å². The lowest BCUT2D eigenvalue weighted by Crippen LogP contribution is -2.40. The Kier molecular flexibility index (Phi) is 8.12. The average molecular weight is 617 g/mol. The van der Waals surface area contributed by atoms with Crippen LogP contribution in [0.2, 0.25) is 5.02 Å². The molecule has 0 radical (unpaired) electrons. The highest BCUT2D eigenvalue weighted by Gasteiger charge is 2.31. The van der Waals surface area contributed by atoms with Crippen molar-refractivity contribution in [1.82, 2.24) is 14.9 Å². The molecule has 4 heterocycles. The van der Waals surface area contributed by atoms with Crippen molar-refractivity contribution < 1.29 is 19.1 Å². The molecule has 0 bridgehead atoms. The third kappa shape index (κ3) is 5.62. The highest BCUT2D eigenvalue weighted by molar-refractivity contribution is 9.10. The van der Waals surface area contributed by atoms with E-state index >= 15 is 0 Å². The average Bonchev–Trinajstić information content (AvgIpc) is 3.62. The van der Waals surface area contributed by atoms with Crippen LogP contribution in [-0.2, 0) is 9.63 Å². The Morgan fingerprint density at radius 1 is 1.37 bits per heavy atom. The zero-order valence-electron chi connectivity index (χ0n) is 20.4. The van der Waals surface area contributed by atoms with Gasteiger partial charge in [-0.2, -0.15) is 5.26 Å². The number of piperidine rings is 1. The summed E-state index contributed by atoms with van der Waals surface area (Å²) in [5.74, 6) is 0.936. The fourth-order valence-electron chi connectivity index (χ4n) is 4.52. The molecule has 0 N–H and O–H groups in total. The number of likely N-dealkylation sites (tertiary alicyclic amines) is 1. The lowest BCUT2D eigenvalue weighted by atomic mass is 9.97. The number of nitrogens with zero attached hydrogens (tertiary/aromatic N) is 5. The van der Waals surface area contributed by atoms with Crippen molar-refractivity contribution in [3.05, 3.63) is 67.2 Å². The molecule has 196 valence electrons. The first kappa shape index (κ1) is 26.4. The highest BCUT2D eigenvalue weighted by atomic mass is 79.9. The number of nitriles is 1. The molecule has 9 nitrogen and oxygen atoms in total. The fraction of sp³-hybridized carbons (Fsp3) is 0.346. The quantitative estimate of drug-likeness (QED) is 0.346.